The van der Waals surface area contributed by atoms with Gasteiger partial charge in [0, 0.05) is 36.1 Å². The van der Waals surface area contributed by atoms with Crippen molar-refractivity contribution < 1.29 is 9.53 Å². The first-order chi connectivity index (χ1) is 14.4. The average Bonchev–Trinajstić information content (AvgIpc) is 2.73. The molecular formula is C23H23N5O2. The van der Waals surface area contributed by atoms with E-state index in [2.05, 4.69) is 31.5 Å². The average molecular weight is 401 g/mol. The number of ether oxygens (including phenoxy) is 1. The number of methoxy groups -OCH3 is 1. The van der Waals surface area contributed by atoms with Gasteiger partial charge in [0.25, 0.3) is 0 Å². The predicted molar refractivity (Wildman–Crippen MR) is 118 cm³/mol. The van der Waals surface area contributed by atoms with Gasteiger partial charge in [0.1, 0.15) is 5.82 Å². The zero-order chi connectivity index (χ0) is 21.7. The van der Waals surface area contributed by atoms with Gasteiger partial charge in [-0.05, 0) is 43.9 Å². The number of benzene rings is 1. The van der Waals surface area contributed by atoms with E-state index >= 15 is 0 Å². The molecule has 0 bridgehead atoms. The monoisotopic (exact) mass is 401 g/mol. The van der Waals surface area contributed by atoms with Gasteiger partial charge in [-0.2, -0.15) is 4.98 Å². The molecule has 3 aromatic rings. The molecule has 0 saturated carbocycles. The molecule has 0 amide bonds. The first kappa shape index (κ1) is 20.8. The van der Waals surface area contributed by atoms with Gasteiger partial charge in [-0.3, -0.25) is 4.79 Å². The number of hydrogen-bond donors (Lipinski definition) is 2. The molecule has 152 valence electrons. The molecule has 0 fully saturated rings. The Balaban J connectivity index is 1.90. The van der Waals surface area contributed by atoms with Gasteiger partial charge >= 0.3 is 0 Å². The first-order valence-electron chi connectivity index (χ1n) is 9.37. The summed E-state index contributed by atoms with van der Waals surface area (Å²) >= 11 is 0. The molecule has 0 aliphatic carbocycles. The number of hydrogen-bond acceptors (Lipinski definition) is 7. The molecule has 7 heteroatoms. The van der Waals surface area contributed by atoms with Gasteiger partial charge in [-0.15, -0.1) is 6.42 Å². The van der Waals surface area contributed by atoms with Crippen molar-refractivity contribution in [2.75, 3.05) is 17.7 Å². The minimum atomic E-state index is -0.271. The maximum atomic E-state index is 11.8. The van der Waals surface area contributed by atoms with Crippen molar-refractivity contribution in [3.05, 3.63) is 58.9 Å². The summed E-state index contributed by atoms with van der Waals surface area (Å²) in [6, 6.07) is 7.62. The molecule has 0 aliphatic heterocycles. The highest BCUT2D eigenvalue weighted by molar-refractivity contribution is 5.97. The summed E-state index contributed by atoms with van der Waals surface area (Å²) in [4.78, 5) is 24.9. The van der Waals surface area contributed by atoms with E-state index in [1.165, 1.54) is 0 Å². The highest BCUT2D eigenvalue weighted by atomic mass is 16.5. The molecule has 0 spiro atoms. The number of carbonyl (C=O) groups is 1. The summed E-state index contributed by atoms with van der Waals surface area (Å²) in [6.07, 6.45) is 8.85. The Kier molecular flexibility index (Phi) is 6.28. The molecule has 2 heterocycles. The minimum Gasteiger partial charge on any atom is -0.481 e. The van der Waals surface area contributed by atoms with Crippen molar-refractivity contribution in [3.8, 4) is 18.2 Å². The lowest BCUT2D eigenvalue weighted by atomic mass is 10.0. The van der Waals surface area contributed by atoms with Crippen molar-refractivity contribution in [3.63, 3.8) is 0 Å². The van der Waals surface area contributed by atoms with Crippen LogP contribution in [-0.2, 0) is 11.2 Å². The van der Waals surface area contributed by atoms with E-state index < -0.39 is 0 Å². The standard InChI is InChI=1S/C23H23N5O2/c1-6-18(29)10-17-9-14(2)7-8-19(17)26-22-16(4)13-25-23(28-22)27-20-11-21(30-5)24-12-15(20)3/h1,7-9,11-13H,10H2,2-5H3,(H2,24,25,26,27,28). The molecular weight excluding hydrogens is 378 g/mol. The predicted octanol–water partition coefficient (Wildman–Crippen LogP) is 4.04. The lowest BCUT2D eigenvalue weighted by molar-refractivity contribution is -0.113. The number of nitrogens with zero attached hydrogens (tertiary/aromatic N) is 3. The number of nitrogens with one attached hydrogen (secondary N) is 2. The van der Waals surface area contributed by atoms with Crippen LogP contribution in [0.25, 0.3) is 0 Å². The third-order valence-electron chi connectivity index (χ3n) is 4.53. The normalized spacial score (nSPS) is 10.2. The Morgan fingerprint density at radius 2 is 1.83 bits per heavy atom. The maximum absolute atomic E-state index is 11.8. The smallest absolute Gasteiger partial charge is 0.229 e. The van der Waals surface area contributed by atoms with Gasteiger partial charge in [-0.1, -0.05) is 17.7 Å². The number of Topliss-reactive ketones (excluding diaryl/α,β-unsaturated/α-hetero) is 1. The van der Waals surface area contributed by atoms with Gasteiger partial charge in [-0.25, -0.2) is 9.97 Å². The van der Waals surface area contributed by atoms with Gasteiger partial charge < -0.3 is 15.4 Å². The van der Waals surface area contributed by atoms with E-state index in [1.807, 2.05) is 39.0 Å². The number of terminal acetylenes is 1. The van der Waals surface area contributed by atoms with Gasteiger partial charge in [0.15, 0.2) is 0 Å². The van der Waals surface area contributed by atoms with Crippen LogP contribution >= 0.6 is 0 Å². The van der Waals surface area contributed by atoms with Crippen LogP contribution in [-0.4, -0.2) is 27.8 Å². The zero-order valence-electron chi connectivity index (χ0n) is 17.4. The van der Waals surface area contributed by atoms with E-state index in [4.69, 9.17) is 11.2 Å². The molecule has 0 saturated heterocycles. The van der Waals surface area contributed by atoms with E-state index in [0.717, 1.165) is 33.6 Å². The maximum Gasteiger partial charge on any atom is 0.229 e. The second-order valence-electron chi connectivity index (χ2n) is 6.92. The third-order valence-corrected chi connectivity index (χ3v) is 4.53. The molecule has 0 aliphatic rings. The van der Waals surface area contributed by atoms with Crippen LogP contribution in [0.3, 0.4) is 0 Å². The number of anilines is 4. The molecule has 0 unspecified atom stereocenters. The summed E-state index contributed by atoms with van der Waals surface area (Å²) < 4.78 is 5.19. The largest absolute Gasteiger partial charge is 0.481 e. The lowest BCUT2D eigenvalue weighted by Gasteiger charge is -2.15. The van der Waals surface area contributed by atoms with E-state index in [-0.39, 0.29) is 12.2 Å². The Morgan fingerprint density at radius 3 is 2.57 bits per heavy atom. The molecule has 7 nitrogen and oxygen atoms in total. The SMILES string of the molecule is C#CC(=O)Cc1cc(C)ccc1Nc1nc(Nc2cc(OC)ncc2C)ncc1C. The summed E-state index contributed by atoms with van der Waals surface area (Å²) in [5, 5.41) is 6.51. The Morgan fingerprint density at radius 1 is 1.07 bits per heavy atom. The summed E-state index contributed by atoms with van der Waals surface area (Å²) in [6.45, 7) is 5.81. The van der Waals surface area contributed by atoms with E-state index in [0.29, 0.717) is 17.6 Å². The van der Waals surface area contributed by atoms with Crippen LogP contribution in [0.2, 0.25) is 0 Å². The quantitative estimate of drug-likeness (QED) is 0.456. The molecule has 3 rings (SSSR count). The lowest BCUT2D eigenvalue weighted by Crippen LogP contribution is -2.07. The zero-order valence-corrected chi connectivity index (χ0v) is 17.4. The molecule has 0 atom stereocenters. The van der Waals surface area contributed by atoms with E-state index in [1.54, 1.807) is 25.6 Å². The fourth-order valence-corrected chi connectivity index (χ4v) is 2.84. The van der Waals surface area contributed by atoms with Crippen LogP contribution in [0.4, 0.5) is 23.1 Å². The Labute approximate surface area is 175 Å². The molecule has 2 N–H and O–H groups in total. The first-order valence-corrected chi connectivity index (χ1v) is 9.37. The van der Waals surface area contributed by atoms with Crippen molar-refractivity contribution in [1.29, 1.82) is 0 Å². The number of aryl methyl sites for hydroxylation is 3. The molecule has 30 heavy (non-hydrogen) atoms. The fourth-order valence-electron chi connectivity index (χ4n) is 2.84. The van der Waals surface area contributed by atoms with Crippen molar-refractivity contribution in [2.45, 2.75) is 27.2 Å². The van der Waals surface area contributed by atoms with E-state index in [9.17, 15) is 4.79 Å². The second kappa shape index (κ2) is 9.05. The summed E-state index contributed by atoms with van der Waals surface area (Å²) in [5.41, 5.74) is 5.23. The van der Waals surface area contributed by atoms with Gasteiger partial charge in [0.2, 0.25) is 17.6 Å². The van der Waals surface area contributed by atoms with Gasteiger partial charge in [0.05, 0.1) is 12.8 Å². The number of rotatable bonds is 7. The minimum absolute atomic E-state index is 0.158. The van der Waals surface area contributed by atoms with Crippen LogP contribution in [0.5, 0.6) is 5.88 Å². The molecule has 2 aromatic heterocycles. The van der Waals surface area contributed by atoms with Crippen molar-refractivity contribution >= 4 is 28.9 Å². The molecule has 0 radical (unpaired) electrons. The number of ketones is 1. The highest BCUT2D eigenvalue weighted by Crippen LogP contribution is 2.26. The van der Waals surface area contributed by atoms with Crippen molar-refractivity contribution in [2.24, 2.45) is 0 Å². The molecule has 1 aromatic carbocycles. The van der Waals surface area contributed by atoms with Crippen LogP contribution in [0.15, 0.2) is 36.7 Å². The van der Waals surface area contributed by atoms with Crippen LogP contribution in [0, 0.1) is 33.1 Å². The van der Waals surface area contributed by atoms with Crippen LogP contribution in [0.1, 0.15) is 22.3 Å². The Hall–Kier alpha value is -3.92. The highest BCUT2D eigenvalue weighted by Gasteiger charge is 2.11. The number of aromatic nitrogens is 3. The third kappa shape index (κ3) is 4.92. The number of pyridine rings is 1. The Bertz CT molecular complexity index is 1130. The fraction of sp³-hybridized carbons (Fsp3) is 0.217. The topological polar surface area (TPSA) is 89.0 Å². The second-order valence-corrected chi connectivity index (χ2v) is 6.92. The summed E-state index contributed by atoms with van der Waals surface area (Å²) in [7, 11) is 1.57. The van der Waals surface area contributed by atoms with Crippen LogP contribution < -0.4 is 15.4 Å². The number of carbonyl (C=O) groups excluding carboxylic acids is 1. The van der Waals surface area contributed by atoms with Crippen molar-refractivity contribution in [1.82, 2.24) is 15.0 Å². The summed E-state index contributed by atoms with van der Waals surface area (Å²) in [5.74, 6) is 3.45.